The smallest absolute Gasteiger partial charge is 0.235 e. The van der Waals surface area contributed by atoms with E-state index >= 15 is 0 Å². The zero-order chi connectivity index (χ0) is 10.9. The van der Waals surface area contributed by atoms with Gasteiger partial charge < -0.3 is 14.7 Å². The molecule has 2 aliphatic rings. The molecular formula is C11H26N2OSi. The van der Waals surface area contributed by atoms with Crippen LogP contribution in [0.4, 0.5) is 0 Å². The van der Waals surface area contributed by atoms with Crippen molar-refractivity contribution in [1.82, 2.24) is 10.3 Å². The van der Waals surface area contributed by atoms with Gasteiger partial charge >= 0.3 is 0 Å². The molecule has 0 amide bonds. The van der Waals surface area contributed by atoms with Crippen LogP contribution in [0.15, 0.2) is 0 Å². The second kappa shape index (κ2) is 8.27. The second-order valence-electron chi connectivity index (χ2n) is 4.58. The Hall–Kier alpha value is 0.0969. The van der Waals surface area contributed by atoms with Crippen LogP contribution in [0, 0.1) is 11.8 Å². The van der Waals surface area contributed by atoms with Crippen molar-refractivity contribution in [2.45, 2.75) is 32.1 Å². The van der Waals surface area contributed by atoms with Crippen LogP contribution in [-0.4, -0.2) is 37.2 Å². The fourth-order valence-electron chi connectivity index (χ4n) is 2.65. The van der Waals surface area contributed by atoms with Gasteiger partial charge in [-0.3, -0.25) is 0 Å². The number of hydrogen-bond donors (Lipinski definition) is 2. The second-order valence-corrected chi connectivity index (χ2v) is 6.16. The Kier molecular flexibility index (Phi) is 7.26. The van der Waals surface area contributed by atoms with E-state index in [1.807, 2.05) is 7.05 Å². The molecule has 1 aliphatic carbocycles. The zero-order valence-corrected chi connectivity index (χ0v) is 11.6. The molecule has 0 aromatic carbocycles. The Morgan fingerprint density at radius 1 is 1.20 bits per heavy atom. The minimum Gasteiger partial charge on any atom is -0.412 e. The Morgan fingerprint density at radius 3 is 2.47 bits per heavy atom. The topological polar surface area (TPSA) is 33.3 Å². The van der Waals surface area contributed by atoms with E-state index in [-0.39, 0.29) is 9.92 Å². The van der Waals surface area contributed by atoms with Crippen LogP contribution in [0.1, 0.15) is 32.1 Å². The maximum absolute atomic E-state index is 4.72. The number of fused-ring (bicyclic) bond motifs is 1. The molecule has 0 bridgehead atoms. The predicted molar refractivity (Wildman–Crippen MR) is 67.5 cm³/mol. The number of hydrogen-bond acceptors (Lipinski definition) is 3. The Labute approximate surface area is 96.4 Å². The van der Waals surface area contributed by atoms with E-state index in [0.29, 0.717) is 0 Å². The predicted octanol–water partition coefficient (Wildman–Crippen LogP) is 0.637. The van der Waals surface area contributed by atoms with Gasteiger partial charge in [0, 0.05) is 7.11 Å². The first-order valence-corrected chi connectivity index (χ1v) is 7.51. The molecule has 2 unspecified atom stereocenters. The molecule has 15 heavy (non-hydrogen) atoms. The van der Waals surface area contributed by atoms with Gasteiger partial charge in [-0.2, -0.15) is 0 Å². The highest BCUT2D eigenvalue weighted by Gasteiger charge is 2.26. The summed E-state index contributed by atoms with van der Waals surface area (Å²) in [7, 11) is 3.29. The summed E-state index contributed by atoms with van der Waals surface area (Å²) >= 11 is 0. The van der Waals surface area contributed by atoms with Crippen molar-refractivity contribution >= 4 is 9.92 Å². The van der Waals surface area contributed by atoms with Crippen LogP contribution in [-0.2, 0) is 4.43 Å². The molecule has 0 aromatic heterocycles. The lowest BCUT2D eigenvalue weighted by molar-refractivity contribution is 0.185. The minimum atomic E-state index is -0.318. The molecule has 1 heterocycles. The van der Waals surface area contributed by atoms with Gasteiger partial charge in [-0.05, 0) is 44.8 Å². The van der Waals surface area contributed by atoms with Crippen molar-refractivity contribution in [3.63, 3.8) is 0 Å². The average molecular weight is 230 g/mol. The maximum atomic E-state index is 4.72. The van der Waals surface area contributed by atoms with E-state index < -0.39 is 0 Å². The zero-order valence-electron chi connectivity index (χ0n) is 10.2. The first-order chi connectivity index (χ1) is 7.38. The van der Waals surface area contributed by atoms with Gasteiger partial charge in [0.2, 0.25) is 9.92 Å². The van der Waals surface area contributed by atoms with Crippen molar-refractivity contribution < 1.29 is 4.43 Å². The summed E-state index contributed by atoms with van der Waals surface area (Å²) in [4.78, 5) is 2.93. The molecule has 2 atom stereocenters. The molecular weight excluding hydrogens is 204 g/mol. The molecule has 1 saturated heterocycles. The standard InChI is InChI=1S/C9H17N.C2H9NOSi/c1-2-4-9-7-10-6-5-8(9)3-1;1-3-5-4-2/h8-10H,1-7H2;3H,5H2,1-2H3. The van der Waals surface area contributed by atoms with Gasteiger partial charge in [-0.25, -0.2) is 0 Å². The quantitative estimate of drug-likeness (QED) is 0.683. The average Bonchev–Trinajstić information content (AvgIpc) is 2.31. The minimum absolute atomic E-state index is 0.318. The summed E-state index contributed by atoms with van der Waals surface area (Å²) in [5, 5.41) is 3.48. The fourth-order valence-corrected chi connectivity index (χ4v) is 2.94. The molecule has 0 aromatic rings. The van der Waals surface area contributed by atoms with E-state index in [9.17, 15) is 0 Å². The van der Waals surface area contributed by atoms with E-state index in [4.69, 9.17) is 4.43 Å². The summed E-state index contributed by atoms with van der Waals surface area (Å²) in [5.41, 5.74) is 0. The van der Waals surface area contributed by atoms with E-state index in [0.717, 1.165) is 11.8 Å². The van der Waals surface area contributed by atoms with Crippen molar-refractivity contribution in [2.75, 3.05) is 27.2 Å². The molecule has 2 rings (SSSR count). The third kappa shape index (κ3) is 5.11. The lowest BCUT2D eigenvalue weighted by atomic mass is 9.76. The fraction of sp³-hybridized carbons (Fsp3) is 1.00. The summed E-state index contributed by atoms with van der Waals surface area (Å²) in [6.07, 6.45) is 7.46. The van der Waals surface area contributed by atoms with Crippen LogP contribution in [0.3, 0.4) is 0 Å². The van der Waals surface area contributed by atoms with Crippen molar-refractivity contribution in [1.29, 1.82) is 0 Å². The molecule has 1 aliphatic heterocycles. The largest absolute Gasteiger partial charge is 0.412 e. The van der Waals surface area contributed by atoms with Gasteiger partial charge in [0.15, 0.2) is 0 Å². The van der Waals surface area contributed by atoms with Crippen LogP contribution >= 0.6 is 0 Å². The number of piperidine rings is 1. The highest BCUT2D eigenvalue weighted by molar-refractivity contribution is 6.23. The van der Waals surface area contributed by atoms with E-state index in [1.54, 1.807) is 7.11 Å². The molecule has 0 spiro atoms. The molecule has 1 saturated carbocycles. The van der Waals surface area contributed by atoms with Crippen LogP contribution in [0.2, 0.25) is 0 Å². The van der Waals surface area contributed by atoms with Gasteiger partial charge in [0.05, 0.1) is 0 Å². The monoisotopic (exact) mass is 230 g/mol. The molecule has 4 heteroatoms. The number of nitrogens with one attached hydrogen (secondary N) is 2. The molecule has 90 valence electrons. The van der Waals surface area contributed by atoms with Crippen LogP contribution < -0.4 is 10.3 Å². The highest BCUT2D eigenvalue weighted by Crippen LogP contribution is 2.33. The van der Waals surface area contributed by atoms with Crippen molar-refractivity contribution in [3.8, 4) is 0 Å². The third-order valence-electron chi connectivity index (χ3n) is 3.45. The Bertz CT molecular complexity index is 130. The van der Waals surface area contributed by atoms with Gasteiger partial charge in [0.25, 0.3) is 0 Å². The van der Waals surface area contributed by atoms with E-state index in [2.05, 4.69) is 10.3 Å². The summed E-state index contributed by atoms with van der Waals surface area (Å²) in [6.45, 7) is 2.59. The number of rotatable bonds is 2. The summed E-state index contributed by atoms with van der Waals surface area (Å²) in [5.74, 6) is 2.14. The first-order valence-electron chi connectivity index (χ1n) is 6.22. The van der Waals surface area contributed by atoms with Gasteiger partial charge in [-0.15, -0.1) is 0 Å². The Balaban J connectivity index is 0.000000195. The third-order valence-corrected chi connectivity index (χ3v) is 4.03. The van der Waals surface area contributed by atoms with Gasteiger partial charge in [0.1, 0.15) is 0 Å². The van der Waals surface area contributed by atoms with Crippen LogP contribution in [0.5, 0.6) is 0 Å². The molecule has 2 fully saturated rings. The van der Waals surface area contributed by atoms with Crippen LogP contribution in [0.25, 0.3) is 0 Å². The maximum Gasteiger partial charge on any atom is 0.235 e. The normalized spacial score (nSPS) is 30.8. The summed E-state index contributed by atoms with van der Waals surface area (Å²) in [6, 6.07) is 0. The molecule has 3 nitrogen and oxygen atoms in total. The van der Waals surface area contributed by atoms with Crippen molar-refractivity contribution in [2.24, 2.45) is 11.8 Å². The highest BCUT2D eigenvalue weighted by atomic mass is 28.2. The lowest BCUT2D eigenvalue weighted by Crippen LogP contribution is -2.38. The lowest BCUT2D eigenvalue weighted by Gasteiger charge is -2.35. The SMILES string of the molecule is C1CCC2CNCCC2C1.CN[SiH2]OC. The van der Waals surface area contributed by atoms with Gasteiger partial charge in [-0.1, -0.05) is 19.3 Å². The molecule has 2 N–H and O–H groups in total. The molecule has 0 radical (unpaired) electrons. The Morgan fingerprint density at radius 2 is 1.93 bits per heavy atom. The van der Waals surface area contributed by atoms with E-state index in [1.165, 1.54) is 45.2 Å². The first kappa shape index (κ1) is 13.2. The summed E-state index contributed by atoms with van der Waals surface area (Å²) < 4.78 is 4.72. The van der Waals surface area contributed by atoms with Crippen molar-refractivity contribution in [3.05, 3.63) is 0 Å².